The summed E-state index contributed by atoms with van der Waals surface area (Å²) in [4.78, 5) is 28.5. The van der Waals surface area contributed by atoms with Gasteiger partial charge in [0, 0.05) is 37.3 Å². The predicted molar refractivity (Wildman–Crippen MR) is 114 cm³/mol. The van der Waals surface area contributed by atoms with Gasteiger partial charge in [0.1, 0.15) is 12.4 Å². The van der Waals surface area contributed by atoms with Gasteiger partial charge < -0.3 is 14.8 Å². The van der Waals surface area contributed by atoms with Crippen molar-refractivity contribution in [3.8, 4) is 5.75 Å². The van der Waals surface area contributed by atoms with Crippen molar-refractivity contribution >= 4 is 11.6 Å². The van der Waals surface area contributed by atoms with E-state index in [4.69, 9.17) is 9.47 Å². The van der Waals surface area contributed by atoms with Gasteiger partial charge in [-0.2, -0.15) is 0 Å². The summed E-state index contributed by atoms with van der Waals surface area (Å²) in [6, 6.07) is 15.0. The van der Waals surface area contributed by atoms with Crippen LogP contribution in [0.15, 0.2) is 59.8 Å². The Balaban J connectivity index is 1.50. The molecule has 6 nitrogen and oxygen atoms in total. The fourth-order valence-corrected chi connectivity index (χ4v) is 3.80. The summed E-state index contributed by atoms with van der Waals surface area (Å²) in [5.41, 5.74) is 2.58. The number of morpholine rings is 1. The summed E-state index contributed by atoms with van der Waals surface area (Å²) >= 11 is 0. The maximum absolute atomic E-state index is 13.3. The van der Waals surface area contributed by atoms with Crippen molar-refractivity contribution in [1.82, 2.24) is 10.2 Å². The largest absolute Gasteiger partial charge is 0.488 e. The molecule has 1 heterocycles. The zero-order chi connectivity index (χ0) is 20.9. The first kappa shape index (κ1) is 20.3. The minimum absolute atomic E-state index is 0.136. The summed E-state index contributed by atoms with van der Waals surface area (Å²) in [6.07, 6.45) is 0. The Bertz CT molecular complexity index is 962. The van der Waals surface area contributed by atoms with Crippen molar-refractivity contribution in [2.45, 2.75) is 13.5 Å². The van der Waals surface area contributed by atoms with Gasteiger partial charge in [0.05, 0.1) is 24.5 Å². The molecule has 1 N–H and O–H groups in total. The van der Waals surface area contributed by atoms with E-state index in [1.54, 1.807) is 25.1 Å². The van der Waals surface area contributed by atoms with Gasteiger partial charge >= 0.3 is 0 Å². The molecule has 0 saturated carbocycles. The molecule has 0 radical (unpaired) electrons. The quantitative estimate of drug-likeness (QED) is 0.763. The van der Waals surface area contributed by atoms with E-state index in [1.165, 1.54) is 0 Å². The molecule has 0 aromatic heterocycles. The Morgan fingerprint density at radius 2 is 1.77 bits per heavy atom. The van der Waals surface area contributed by atoms with Crippen molar-refractivity contribution in [3.63, 3.8) is 0 Å². The molecule has 4 rings (SSSR count). The van der Waals surface area contributed by atoms with Crippen molar-refractivity contribution < 1.29 is 19.1 Å². The molecule has 1 aliphatic heterocycles. The third-order valence-corrected chi connectivity index (χ3v) is 5.51. The number of rotatable bonds is 7. The number of benzene rings is 2. The van der Waals surface area contributed by atoms with Gasteiger partial charge in [-0.15, -0.1) is 0 Å². The molecule has 0 bridgehead atoms. The number of hydrogen-bond donors (Lipinski definition) is 1. The van der Waals surface area contributed by atoms with E-state index < -0.39 is 0 Å². The molecule has 1 fully saturated rings. The summed E-state index contributed by atoms with van der Waals surface area (Å²) in [6.45, 7) is 6.65. The highest BCUT2D eigenvalue weighted by atomic mass is 16.5. The minimum atomic E-state index is -0.187. The lowest BCUT2D eigenvalue weighted by Gasteiger charge is -2.27. The van der Waals surface area contributed by atoms with E-state index in [0.29, 0.717) is 41.3 Å². The molecule has 1 saturated heterocycles. The van der Waals surface area contributed by atoms with Crippen molar-refractivity contribution in [3.05, 3.63) is 76.5 Å². The van der Waals surface area contributed by atoms with E-state index in [2.05, 4.69) is 10.2 Å². The van der Waals surface area contributed by atoms with E-state index in [9.17, 15) is 9.59 Å². The van der Waals surface area contributed by atoms with Crippen LogP contribution in [0.3, 0.4) is 0 Å². The van der Waals surface area contributed by atoms with Crippen molar-refractivity contribution in [1.29, 1.82) is 0 Å². The highest BCUT2D eigenvalue weighted by Gasteiger charge is 2.32. The molecule has 156 valence electrons. The molecule has 30 heavy (non-hydrogen) atoms. The number of ether oxygens (including phenoxy) is 2. The lowest BCUT2D eigenvalue weighted by Crippen LogP contribution is -2.41. The van der Waals surface area contributed by atoms with E-state index in [1.807, 2.05) is 30.3 Å². The number of fused-ring (bicyclic) bond motifs is 1. The van der Waals surface area contributed by atoms with E-state index in [0.717, 1.165) is 38.4 Å². The summed E-state index contributed by atoms with van der Waals surface area (Å²) in [7, 11) is 0. The normalized spacial score (nSPS) is 17.1. The second-order valence-electron chi connectivity index (χ2n) is 7.49. The first-order chi connectivity index (χ1) is 14.6. The van der Waals surface area contributed by atoms with Gasteiger partial charge in [0.2, 0.25) is 5.78 Å². The summed E-state index contributed by atoms with van der Waals surface area (Å²) < 4.78 is 11.3. The number of carbonyl (C=O) groups excluding carboxylic acids is 2. The van der Waals surface area contributed by atoms with Crippen molar-refractivity contribution in [2.75, 3.05) is 39.4 Å². The second-order valence-corrected chi connectivity index (χ2v) is 7.49. The Kier molecular flexibility index (Phi) is 6.26. The summed E-state index contributed by atoms with van der Waals surface area (Å²) in [5, 5.41) is 3.21. The Morgan fingerprint density at radius 3 is 2.53 bits per heavy atom. The van der Waals surface area contributed by atoms with Gasteiger partial charge in [-0.3, -0.25) is 14.5 Å². The number of hydrogen-bond acceptors (Lipinski definition) is 6. The van der Waals surface area contributed by atoms with Gasteiger partial charge in [0.15, 0.2) is 5.78 Å². The van der Waals surface area contributed by atoms with Gasteiger partial charge in [0.25, 0.3) is 0 Å². The number of ketones is 2. The lowest BCUT2D eigenvalue weighted by atomic mass is 9.87. The third kappa shape index (κ3) is 4.30. The molecule has 0 spiro atoms. The average Bonchev–Trinajstić information content (AvgIpc) is 2.79. The molecule has 0 unspecified atom stereocenters. The van der Waals surface area contributed by atoms with Gasteiger partial charge in [-0.25, -0.2) is 0 Å². The Labute approximate surface area is 176 Å². The summed E-state index contributed by atoms with van der Waals surface area (Å²) in [5.74, 6) is 0.117. The first-order valence-electron chi connectivity index (χ1n) is 10.3. The molecule has 2 aromatic carbocycles. The topological polar surface area (TPSA) is 67.9 Å². The number of allylic oxidation sites excluding steroid dienone is 2. The van der Waals surface area contributed by atoms with Crippen LogP contribution in [0, 0.1) is 0 Å². The predicted octanol–water partition coefficient (Wildman–Crippen LogP) is 2.84. The molecule has 2 aromatic rings. The number of Topliss-reactive ketones (excluding diaryl/α,β-unsaturated/α-hetero) is 2. The van der Waals surface area contributed by atoms with Crippen LogP contribution in [0.2, 0.25) is 0 Å². The fraction of sp³-hybridized carbons (Fsp3) is 0.333. The molecule has 1 aliphatic carbocycles. The number of nitrogens with one attached hydrogen (secondary N) is 1. The van der Waals surface area contributed by atoms with E-state index >= 15 is 0 Å². The lowest BCUT2D eigenvalue weighted by molar-refractivity contribution is 0.0386. The molecular formula is C24H26N2O4. The van der Waals surface area contributed by atoms with Crippen LogP contribution in [0.1, 0.15) is 33.2 Å². The number of nitrogens with zero attached hydrogens (tertiary/aromatic N) is 1. The zero-order valence-electron chi connectivity index (χ0n) is 17.1. The van der Waals surface area contributed by atoms with Gasteiger partial charge in [-0.1, -0.05) is 42.5 Å². The van der Waals surface area contributed by atoms with Crippen molar-refractivity contribution in [2.24, 2.45) is 0 Å². The average molecular weight is 406 g/mol. The third-order valence-electron chi connectivity index (χ3n) is 5.51. The maximum Gasteiger partial charge on any atom is 0.213 e. The Morgan fingerprint density at radius 1 is 1.00 bits per heavy atom. The van der Waals surface area contributed by atoms with Crippen LogP contribution in [0.5, 0.6) is 5.75 Å². The Hall–Kier alpha value is -2.96. The number of carbonyl (C=O) groups is 2. The molecule has 6 heteroatoms. The molecular weight excluding hydrogens is 380 g/mol. The smallest absolute Gasteiger partial charge is 0.213 e. The van der Waals surface area contributed by atoms with E-state index in [-0.39, 0.29) is 11.6 Å². The first-order valence-corrected chi connectivity index (χ1v) is 10.3. The molecule has 2 aliphatic rings. The molecule has 0 atom stereocenters. The monoisotopic (exact) mass is 406 g/mol. The van der Waals surface area contributed by atoms with Crippen LogP contribution in [-0.4, -0.2) is 55.9 Å². The standard InChI is InChI=1S/C24H26N2O4/c1-17-22(25-10-11-26-12-14-29-15-13-26)24(28)21-19(23(17)27)8-5-9-20(21)30-16-18-6-3-2-4-7-18/h2-9,25H,10-16H2,1H3. The SMILES string of the molecule is CC1=C(NCCN2CCOCC2)C(=O)c2c(OCc3ccccc3)cccc2C1=O. The molecule has 0 amide bonds. The van der Waals surface area contributed by atoms with Crippen LogP contribution in [-0.2, 0) is 11.3 Å². The highest BCUT2D eigenvalue weighted by molar-refractivity contribution is 6.27. The van der Waals surface area contributed by atoms with Crippen LogP contribution in [0.25, 0.3) is 0 Å². The zero-order valence-corrected chi connectivity index (χ0v) is 17.1. The van der Waals surface area contributed by atoms with Crippen LogP contribution >= 0.6 is 0 Å². The van der Waals surface area contributed by atoms with Crippen LogP contribution in [0.4, 0.5) is 0 Å². The minimum Gasteiger partial charge on any atom is -0.488 e. The maximum atomic E-state index is 13.3. The van der Waals surface area contributed by atoms with Crippen LogP contribution < -0.4 is 10.1 Å². The second kappa shape index (κ2) is 9.24. The highest BCUT2D eigenvalue weighted by Crippen LogP contribution is 2.32. The van der Waals surface area contributed by atoms with Gasteiger partial charge in [-0.05, 0) is 18.6 Å². The fourth-order valence-electron chi connectivity index (χ4n) is 3.80.